The molecule has 0 spiro atoms. The van der Waals surface area contributed by atoms with Gasteiger partial charge < -0.3 is 10.2 Å². The number of hydrogen-bond acceptors (Lipinski definition) is 2. The molecule has 82 valence electrons. The lowest BCUT2D eigenvalue weighted by atomic mass is 10.2. The zero-order chi connectivity index (χ0) is 10.8. The number of piperazine rings is 1. The van der Waals surface area contributed by atoms with E-state index in [2.05, 4.69) is 17.1 Å². The highest BCUT2D eigenvalue weighted by atomic mass is 35.5. The van der Waals surface area contributed by atoms with E-state index >= 15 is 0 Å². The normalized spacial score (nSPS) is 21.8. The van der Waals surface area contributed by atoms with E-state index in [-0.39, 0.29) is 0 Å². The molecule has 1 aliphatic heterocycles. The lowest BCUT2D eigenvalue weighted by molar-refractivity contribution is 0.501. The van der Waals surface area contributed by atoms with Crippen molar-refractivity contribution >= 4 is 28.9 Å². The van der Waals surface area contributed by atoms with Crippen LogP contribution in [0.15, 0.2) is 18.2 Å². The second-order valence-electron chi connectivity index (χ2n) is 3.82. The third-order valence-electron chi connectivity index (χ3n) is 2.74. The van der Waals surface area contributed by atoms with Gasteiger partial charge in [0.25, 0.3) is 0 Å². The van der Waals surface area contributed by atoms with Gasteiger partial charge in [0.1, 0.15) is 0 Å². The first kappa shape index (κ1) is 11.1. The molecule has 0 radical (unpaired) electrons. The summed E-state index contributed by atoms with van der Waals surface area (Å²) in [6, 6.07) is 6.24. The van der Waals surface area contributed by atoms with E-state index in [1.165, 1.54) is 0 Å². The molecular formula is C11H14Cl2N2. The molecule has 0 saturated carbocycles. The van der Waals surface area contributed by atoms with Gasteiger partial charge >= 0.3 is 0 Å². The molecule has 0 amide bonds. The van der Waals surface area contributed by atoms with Gasteiger partial charge in [0, 0.05) is 25.7 Å². The molecule has 1 fully saturated rings. The molecule has 1 aliphatic rings. The second-order valence-corrected chi connectivity index (χ2v) is 4.60. The van der Waals surface area contributed by atoms with Gasteiger partial charge in [-0.05, 0) is 19.1 Å². The Morgan fingerprint density at radius 1 is 1.40 bits per heavy atom. The van der Waals surface area contributed by atoms with Gasteiger partial charge in [-0.15, -0.1) is 0 Å². The highest BCUT2D eigenvalue weighted by molar-refractivity contribution is 6.43. The third-order valence-corrected chi connectivity index (χ3v) is 3.55. The average Bonchev–Trinajstić information content (AvgIpc) is 2.23. The maximum atomic E-state index is 6.20. The largest absolute Gasteiger partial charge is 0.365 e. The minimum Gasteiger partial charge on any atom is -0.365 e. The maximum Gasteiger partial charge on any atom is 0.0825 e. The van der Waals surface area contributed by atoms with Crippen LogP contribution in [0.2, 0.25) is 10.0 Å². The fraction of sp³-hybridized carbons (Fsp3) is 0.455. The molecule has 2 nitrogen and oxygen atoms in total. The zero-order valence-corrected chi connectivity index (χ0v) is 10.1. The predicted molar refractivity (Wildman–Crippen MR) is 66.1 cm³/mol. The van der Waals surface area contributed by atoms with Gasteiger partial charge in [0.05, 0.1) is 15.7 Å². The lowest BCUT2D eigenvalue weighted by Gasteiger charge is -2.36. The monoisotopic (exact) mass is 244 g/mol. The van der Waals surface area contributed by atoms with Crippen LogP contribution in [0, 0.1) is 0 Å². The molecule has 0 bridgehead atoms. The van der Waals surface area contributed by atoms with E-state index in [4.69, 9.17) is 23.2 Å². The molecule has 1 aromatic carbocycles. The van der Waals surface area contributed by atoms with Crippen molar-refractivity contribution in [3.63, 3.8) is 0 Å². The summed E-state index contributed by atoms with van der Waals surface area (Å²) in [6.07, 6.45) is 0. The quantitative estimate of drug-likeness (QED) is 0.818. The van der Waals surface area contributed by atoms with Crippen LogP contribution in [0.25, 0.3) is 0 Å². The van der Waals surface area contributed by atoms with Gasteiger partial charge in [0.2, 0.25) is 0 Å². The van der Waals surface area contributed by atoms with Gasteiger partial charge in [-0.3, -0.25) is 0 Å². The Hall–Kier alpha value is -0.440. The molecule has 1 unspecified atom stereocenters. The van der Waals surface area contributed by atoms with Crippen molar-refractivity contribution in [1.29, 1.82) is 0 Å². The molecule has 4 heteroatoms. The van der Waals surface area contributed by atoms with E-state index in [1.807, 2.05) is 18.2 Å². The first-order chi connectivity index (χ1) is 7.20. The maximum absolute atomic E-state index is 6.20. The van der Waals surface area contributed by atoms with Gasteiger partial charge in [-0.1, -0.05) is 29.3 Å². The SMILES string of the molecule is CC1CNCCN1c1cccc(Cl)c1Cl. The molecule has 1 heterocycles. The highest BCUT2D eigenvalue weighted by Crippen LogP contribution is 2.33. The first-order valence-electron chi connectivity index (χ1n) is 5.11. The Labute approximate surface area is 100 Å². The van der Waals surface area contributed by atoms with Crippen molar-refractivity contribution in [1.82, 2.24) is 5.32 Å². The molecule has 0 aliphatic carbocycles. The number of benzene rings is 1. The van der Waals surface area contributed by atoms with Crippen LogP contribution < -0.4 is 10.2 Å². The van der Waals surface area contributed by atoms with Crippen LogP contribution in [-0.4, -0.2) is 25.7 Å². The van der Waals surface area contributed by atoms with Crippen molar-refractivity contribution in [3.05, 3.63) is 28.2 Å². The summed E-state index contributed by atoms with van der Waals surface area (Å²) in [4.78, 5) is 2.30. The van der Waals surface area contributed by atoms with Crippen LogP contribution in [0.4, 0.5) is 5.69 Å². The van der Waals surface area contributed by atoms with Crippen LogP contribution in [0.5, 0.6) is 0 Å². The molecule has 1 N–H and O–H groups in total. The standard InChI is InChI=1S/C11H14Cl2N2/c1-8-7-14-5-6-15(8)10-4-2-3-9(12)11(10)13/h2-4,8,14H,5-7H2,1H3. The van der Waals surface area contributed by atoms with Crippen LogP contribution in [0.1, 0.15) is 6.92 Å². The van der Waals surface area contributed by atoms with E-state index < -0.39 is 0 Å². The summed E-state index contributed by atoms with van der Waals surface area (Å²) in [5.41, 5.74) is 1.04. The Morgan fingerprint density at radius 3 is 2.93 bits per heavy atom. The minimum absolute atomic E-state index is 0.453. The first-order valence-corrected chi connectivity index (χ1v) is 5.87. The van der Waals surface area contributed by atoms with Crippen molar-refractivity contribution in [3.8, 4) is 0 Å². The summed E-state index contributed by atoms with van der Waals surface area (Å²) >= 11 is 12.2. The molecule has 1 atom stereocenters. The Morgan fingerprint density at radius 2 is 2.20 bits per heavy atom. The highest BCUT2D eigenvalue weighted by Gasteiger charge is 2.20. The zero-order valence-electron chi connectivity index (χ0n) is 8.63. The van der Waals surface area contributed by atoms with Gasteiger partial charge in [-0.25, -0.2) is 0 Å². The molecule has 1 aromatic rings. The fourth-order valence-corrected chi connectivity index (χ4v) is 2.32. The Bertz CT molecular complexity index is 354. The van der Waals surface area contributed by atoms with Crippen LogP contribution >= 0.6 is 23.2 Å². The van der Waals surface area contributed by atoms with Crippen molar-refractivity contribution in [2.75, 3.05) is 24.5 Å². The van der Waals surface area contributed by atoms with Crippen molar-refractivity contribution in [2.45, 2.75) is 13.0 Å². The second kappa shape index (κ2) is 4.60. The summed E-state index contributed by atoms with van der Waals surface area (Å²) in [7, 11) is 0. The van der Waals surface area contributed by atoms with Crippen molar-refractivity contribution < 1.29 is 0 Å². The summed E-state index contributed by atoms with van der Waals surface area (Å²) in [5.74, 6) is 0. The molecule has 2 rings (SSSR count). The third kappa shape index (κ3) is 2.22. The fourth-order valence-electron chi connectivity index (χ4n) is 1.91. The van der Waals surface area contributed by atoms with Gasteiger partial charge in [-0.2, -0.15) is 0 Å². The predicted octanol–water partition coefficient (Wildman–Crippen LogP) is 2.79. The van der Waals surface area contributed by atoms with Crippen LogP contribution in [-0.2, 0) is 0 Å². The molecule has 1 saturated heterocycles. The smallest absolute Gasteiger partial charge is 0.0825 e. The summed E-state index contributed by atoms with van der Waals surface area (Å²) < 4.78 is 0. The number of nitrogens with one attached hydrogen (secondary N) is 1. The minimum atomic E-state index is 0.453. The van der Waals surface area contributed by atoms with Crippen LogP contribution in [0.3, 0.4) is 0 Å². The number of halogens is 2. The summed E-state index contributed by atoms with van der Waals surface area (Å²) in [6.45, 7) is 5.14. The molecular weight excluding hydrogens is 231 g/mol. The molecule has 15 heavy (non-hydrogen) atoms. The topological polar surface area (TPSA) is 15.3 Å². The van der Waals surface area contributed by atoms with E-state index in [0.29, 0.717) is 16.1 Å². The number of nitrogens with zero attached hydrogens (tertiary/aromatic N) is 1. The summed E-state index contributed by atoms with van der Waals surface area (Å²) in [5, 5.41) is 4.64. The number of rotatable bonds is 1. The van der Waals surface area contributed by atoms with Crippen molar-refractivity contribution in [2.24, 2.45) is 0 Å². The lowest BCUT2D eigenvalue weighted by Crippen LogP contribution is -2.50. The Balaban J connectivity index is 2.31. The van der Waals surface area contributed by atoms with E-state index in [0.717, 1.165) is 25.3 Å². The number of hydrogen-bond donors (Lipinski definition) is 1. The Kier molecular flexibility index (Phi) is 3.39. The van der Waals surface area contributed by atoms with E-state index in [1.54, 1.807) is 0 Å². The molecule has 0 aromatic heterocycles. The number of anilines is 1. The van der Waals surface area contributed by atoms with Gasteiger partial charge in [0.15, 0.2) is 0 Å². The van der Waals surface area contributed by atoms with E-state index in [9.17, 15) is 0 Å². The average molecular weight is 245 g/mol.